The topological polar surface area (TPSA) is 64.1 Å². The standard InChI is InChI=1S/C13H14ClN3O2S2/c1-3-20-13-17-16-12(21-13)15-11(18)8(2)19-10-6-4-5-9(14)7-10/h4-8H,3H2,1-2H3,(H,15,16,18)/t8-/m1/s1. The number of amides is 1. The SMILES string of the molecule is CCSc1nnc(NC(=O)[C@@H](C)Oc2cccc(Cl)c2)s1. The second kappa shape index (κ2) is 7.63. The summed E-state index contributed by atoms with van der Waals surface area (Å²) < 4.78 is 6.37. The number of benzene rings is 1. The van der Waals surface area contributed by atoms with Crippen LogP contribution < -0.4 is 10.1 Å². The van der Waals surface area contributed by atoms with Crippen LogP contribution >= 0.6 is 34.7 Å². The van der Waals surface area contributed by atoms with Crippen molar-refractivity contribution in [3.63, 3.8) is 0 Å². The van der Waals surface area contributed by atoms with Crippen LogP contribution in [0.1, 0.15) is 13.8 Å². The number of nitrogens with one attached hydrogen (secondary N) is 1. The Morgan fingerprint density at radius 1 is 1.52 bits per heavy atom. The number of ether oxygens (including phenoxy) is 1. The van der Waals surface area contributed by atoms with E-state index in [-0.39, 0.29) is 5.91 Å². The average molecular weight is 344 g/mol. The summed E-state index contributed by atoms with van der Waals surface area (Å²) >= 11 is 8.80. The van der Waals surface area contributed by atoms with Gasteiger partial charge in [0.15, 0.2) is 10.4 Å². The van der Waals surface area contributed by atoms with E-state index in [1.807, 2.05) is 6.92 Å². The van der Waals surface area contributed by atoms with Crippen LogP contribution in [0.15, 0.2) is 28.6 Å². The van der Waals surface area contributed by atoms with Gasteiger partial charge in [0.1, 0.15) is 5.75 Å². The van der Waals surface area contributed by atoms with Crippen LogP contribution in [0.4, 0.5) is 5.13 Å². The molecule has 1 atom stereocenters. The van der Waals surface area contributed by atoms with Gasteiger partial charge in [0, 0.05) is 5.02 Å². The van der Waals surface area contributed by atoms with Crippen molar-refractivity contribution in [2.75, 3.05) is 11.1 Å². The molecular weight excluding hydrogens is 330 g/mol. The summed E-state index contributed by atoms with van der Waals surface area (Å²) in [6, 6.07) is 6.91. The third-order valence-electron chi connectivity index (χ3n) is 2.38. The van der Waals surface area contributed by atoms with E-state index >= 15 is 0 Å². The third-order valence-corrected chi connectivity index (χ3v) is 4.47. The van der Waals surface area contributed by atoms with E-state index in [0.717, 1.165) is 10.1 Å². The van der Waals surface area contributed by atoms with Gasteiger partial charge in [-0.3, -0.25) is 10.1 Å². The molecule has 0 aliphatic rings. The lowest BCUT2D eigenvalue weighted by molar-refractivity contribution is -0.122. The molecule has 0 aliphatic heterocycles. The molecule has 0 saturated carbocycles. The molecule has 5 nitrogen and oxygen atoms in total. The van der Waals surface area contributed by atoms with Crippen LogP contribution in [0, 0.1) is 0 Å². The van der Waals surface area contributed by atoms with Crippen molar-refractivity contribution >= 4 is 45.7 Å². The number of nitrogens with zero attached hydrogens (tertiary/aromatic N) is 2. The van der Waals surface area contributed by atoms with Crippen molar-refractivity contribution in [2.24, 2.45) is 0 Å². The van der Waals surface area contributed by atoms with Gasteiger partial charge in [0.25, 0.3) is 5.91 Å². The molecule has 21 heavy (non-hydrogen) atoms. The maximum atomic E-state index is 12.0. The number of carbonyl (C=O) groups excluding carboxylic acids is 1. The molecule has 0 bridgehead atoms. The third kappa shape index (κ3) is 4.87. The number of hydrogen-bond acceptors (Lipinski definition) is 6. The van der Waals surface area contributed by atoms with Crippen molar-refractivity contribution in [2.45, 2.75) is 24.3 Å². The molecule has 112 valence electrons. The lowest BCUT2D eigenvalue weighted by Gasteiger charge is -2.13. The second-order valence-corrected chi connectivity index (χ2v) is 6.94. The molecule has 1 heterocycles. The van der Waals surface area contributed by atoms with E-state index in [9.17, 15) is 4.79 Å². The molecule has 2 aromatic rings. The van der Waals surface area contributed by atoms with Crippen LogP contribution in [-0.4, -0.2) is 28.0 Å². The minimum atomic E-state index is -0.658. The minimum absolute atomic E-state index is 0.279. The van der Waals surface area contributed by atoms with Crippen LogP contribution in [0.25, 0.3) is 0 Å². The quantitative estimate of drug-likeness (QED) is 0.640. The van der Waals surface area contributed by atoms with Crippen molar-refractivity contribution < 1.29 is 9.53 Å². The van der Waals surface area contributed by atoms with Crippen LogP contribution in [0.3, 0.4) is 0 Å². The van der Waals surface area contributed by atoms with Gasteiger partial charge in [-0.1, -0.05) is 47.7 Å². The number of carbonyl (C=O) groups is 1. The first kappa shape index (κ1) is 16.1. The second-order valence-electron chi connectivity index (χ2n) is 4.01. The fraction of sp³-hybridized carbons (Fsp3) is 0.308. The Morgan fingerprint density at radius 3 is 3.05 bits per heavy atom. The van der Waals surface area contributed by atoms with E-state index in [2.05, 4.69) is 15.5 Å². The first-order chi connectivity index (χ1) is 10.1. The molecule has 0 radical (unpaired) electrons. The Bertz CT molecular complexity index is 621. The molecule has 0 aliphatic carbocycles. The van der Waals surface area contributed by atoms with E-state index in [4.69, 9.17) is 16.3 Å². The van der Waals surface area contributed by atoms with Crippen LogP contribution in [-0.2, 0) is 4.79 Å². The van der Waals surface area contributed by atoms with Crippen LogP contribution in [0.2, 0.25) is 5.02 Å². The first-order valence-electron chi connectivity index (χ1n) is 6.28. The number of rotatable bonds is 6. The highest BCUT2D eigenvalue weighted by atomic mass is 35.5. The zero-order chi connectivity index (χ0) is 15.2. The van der Waals surface area contributed by atoms with Crippen molar-refractivity contribution in [1.82, 2.24) is 10.2 Å². The fourth-order valence-electron chi connectivity index (χ4n) is 1.45. The van der Waals surface area contributed by atoms with Gasteiger partial charge in [-0.05, 0) is 30.9 Å². The summed E-state index contributed by atoms with van der Waals surface area (Å²) in [5.74, 6) is 1.18. The van der Waals surface area contributed by atoms with Crippen molar-refractivity contribution in [3.8, 4) is 5.75 Å². The van der Waals surface area contributed by atoms with E-state index in [0.29, 0.717) is 15.9 Å². The lowest BCUT2D eigenvalue weighted by atomic mass is 10.3. The Hall–Kier alpha value is -1.31. The normalized spacial score (nSPS) is 12.0. The summed E-state index contributed by atoms with van der Waals surface area (Å²) in [6.45, 7) is 3.70. The highest BCUT2D eigenvalue weighted by Gasteiger charge is 2.17. The molecule has 1 amide bonds. The monoisotopic (exact) mass is 343 g/mol. The summed E-state index contributed by atoms with van der Waals surface area (Å²) in [7, 11) is 0. The largest absolute Gasteiger partial charge is 0.481 e. The highest BCUT2D eigenvalue weighted by molar-refractivity contribution is 8.01. The zero-order valence-corrected chi connectivity index (χ0v) is 13.9. The maximum Gasteiger partial charge on any atom is 0.266 e. The van der Waals surface area contributed by atoms with E-state index < -0.39 is 6.10 Å². The molecule has 8 heteroatoms. The van der Waals surface area contributed by atoms with Gasteiger partial charge in [-0.25, -0.2) is 0 Å². The Labute approximate surface area is 136 Å². The molecule has 1 N–H and O–H groups in total. The number of halogens is 1. The fourth-order valence-corrected chi connectivity index (χ4v) is 3.28. The van der Waals surface area contributed by atoms with Gasteiger partial charge in [-0.2, -0.15) is 0 Å². The Morgan fingerprint density at radius 2 is 2.33 bits per heavy atom. The number of thioether (sulfide) groups is 1. The average Bonchev–Trinajstić information content (AvgIpc) is 2.86. The molecule has 2 rings (SSSR count). The maximum absolute atomic E-state index is 12.0. The predicted molar refractivity (Wildman–Crippen MR) is 86.5 cm³/mol. The Balaban J connectivity index is 1.92. The van der Waals surface area contributed by atoms with Gasteiger partial charge in [0.05, 0.1) is 0 Å². The summed E-state index contributed by atoms with van der Waals surface area (Å²) in [6.07, 6.45) is -0.658. The van der Waals surface area contributed by atoms with Gasteiger partial charge in [-0.15, -0.1) is 10.2 Å². The van der Waals surface area contributed by atoms with Crippen molar-refractivity contribution in [1.29, 1.82) is 0 Å². The molecule has 0 saturated heterocycles. The van der Waals surface area contributed by atoms with Crippen LogP contribution in [0.5, 0.6) is 5.75 Å². The highest BCUT2D eigenvalue weighted by Crippen LogP contribution is 2.25. The molecule has 0 fully saturated rings. The minimum Gasteiger partial charge on any atom is -0.481 e. The summed E-state index contributed by atoms with van der Waals surface area (Å²) in [5, 5.41) is 11.6. The van der Waals surface area contributed by atoms with Gasteiger partial charge >= 0.3 is 0 Å². The smallest absolute Gasteiger partial charge is 0.266 e. The first-order valence-corrected chi connectivity index (χ1v) is 8.46. The number of hydrogen-bond donors (Lipinski definition) is 1. The summed E-state index contributed by atoms with van der Waals surface area (Å²) in [4.78, 5) is 12.0. The van der Waals surface area contributed by atoms with E-state index in [1.165, 1.54) is 11.3 Å². The zero-order valence-electron chi connectivity index (χ0n) is 11.5. The van der Waals surface area contributed by atoms with Gasteiger partial charge in [0.2, 0.25) is 5.13 Å². The molecule has 1 aromatic carbocycles. The number of anilines is 1. The Kier molecular flexibility index (Phi) is 5.84. The number of aromatic nitrogens is 2. The summed E-state index contributed by atoms with van der Waals surface area (Å²) in [5.41, 5.74) is 0. The molecule has 1 aromatic heterocycles. The lowest BCUT2D eigenvalue weighted by Crippen LogP contribution is -2.30. The molecular formula is C13H14ClN3O2S2. The predicted octanol–water partition coefficient (Wildman–Crippen LogP) is 3.71. The van der Waals surface area contributed by atoms with Gasteiger partial charge < -0.3 is 4.74 Å². The van der Waals surface area contributed by atoms with E-state index in [1.54, 1.807) is 43.0 Å². The molecule has 0 spiro atoms. The molecule has 0 unspecified atom stereocenters. The van der Waals surface area contributed by atoms with Crippen molar-refractivity contribution in [3.05, 3.63) is 29.3 Å².